The molecule has 1 fully saturated rings. The Morgan fingerprint density at radius 2 is 1.92 bits per heavy atom. The van der Waals surface area contributed by atoms with E-state index >= 15 is 0 Å². The molecular formula is C17H25Cl2N5. The normalized spacial score (nSPS) is 14.8. The highest BCUT2D eigenvalue weighted by Crippen LogP contribution is 2.21. The number of aromatic nitrogens is 2. The molecule has 0 amide bonds. The van der Waals surface area contributed by atoms with E-state index in [4.69, 9.17) is 5.73 Å². The Bertz CT molecular complexity index is 603. The molecule has 5 nitrogen and oxygen atoms in total. The number of nitrogen functional groups attached to an aromatic ring is 1. The van der Waals surface area contributed by atoms with Crippen LogP contribution in [0, 0.1) is 0 Å². The number of anilines is 2. The maximum absolute atomic E-state index is 5.86. The standard InChI is InChI=1S/C17H23N5.2ClH/c1-21(13-14-4-2-5-15(18)12-14)16-7-10-22(11-8-16)17-6-3-9-19-20-17;;/h2-6,9,12,16H,7-8,10-11,13,18H2,1H3;2*1H. The topological polar surface area (TPSA) is 58.3 Å². The Kier molecular flexibility index (Phi) is 8.25. The molecule has 7 heteroatoms. The molecule has 0 atom stereocenters. The predicted molar refractivity (Wildman–Crippen MR) is 104 cm³/mol. The Labute approximate surface area is 156 Å². The van der Waals surface area contributed by atoms with Crippen molar-refractivity contribution in [3.63, 3.8) is 0 Å². The molecule has 2 heterocycles. The number of hydrogen-bond donors (Lipinski definition) is 1. The molecular weight excluding hydrogens is 345 g/mol. The lowest BCUT2D eigenvalue weighted by molar-refractivity contribution is 0.200. The minimum absolute atomic E-state index is 0. The summed E-state index contributed by atoms with van der Waals surface area (Å²) in [4.78, 5) is 4.75. The first kappa shape index (κ1) is 20.5. The van der Waals surface area contributed by atoms with Crippen molar-refractivity contribution in [2.45, 2.75) is 25.4 Å². The van der Waals surface area contributed by atoms with E-state index in [2.05, 4.69) is 39.2 Å². The molecule has 0 spiro atoms. The third-order valence-corrected chi connectivity index (χ3v) is 4.35. The summed E-state index contributed by atoms with van der Waals surface area (Å²) in [6, 6.07) is 12.7. The molecule has 0 unspecified atom stereocenters. The van der Waals surface area contributed by atoms with Crippen molar-refractivity contribution < 1.29 is 0 Å². The van der Waals surface area contributed by atoms with Crippen molar-refractivity contribution >= 4 is 36.3 Å². The van der Waals surface area contributed by atoms with Crippen LogP contribution < -0.4 is 10.6 Å². The highest BCUT2D eigenvalue weighted by atomic mass is 35.5. The summed E-state index contributed by atoms with van der Waals surface area (Å²) < 4.78 is 0. The summed E-state index contributed by atoms with van der Waals surface area (Å²) in [7, 11) is 2.20. The van der Waals surface area contributed by atoms with Crippen LogP contribution in [0.1, 0.15) is 18.4 Å². The van der Waals surface area contributed by atoms with Crippen LogP contribution >= 0.6 is 24.8 Å². The van der Waals surface area contributed by atoms with E-state index in [9.17, 15) is 0 Å². The fourth-order valence-electron chi connectivity index (χ4n) is 3.11. The van der Waals surface area contributed by atoms with Crippen molar-refractivity contribution in [3.8, 4) is 0 Å². The van der Waals surface area contributed by atoms with Crippen molar-refractivity contribution in [2.75, 3.05) is 30.8 Å². The van der Waals surface area contributed by atoms with Gasteiger partial charge in [-0.05, 0) is 49.7 Å². The van der Waals surface area contributed by atoms with E-state index in [0.717, 1.165) is 44.0 Å². The van der Waals surface area contributed by atoms with Gasteiger partial charge >= 0.3 is 0 Å². The molecule has 2 N–H and O–H groups in total. The van der Waals surface area contributed by atoms with Crippen molar-refractivity contribution in [1.82, 2.24) is 15.1 Å². The number of hydrogen-bond acceptors (Lipinski definition) is 5. The van der Waals surface area contributed by atoms with Gasteiger partial charge in [0.15, 0.2) is 5.82 Å². The van der Waals surface area contributed by atoms with Gasteiger partial charge in [0.1, 0.15) is 0 Å². The van der Waals surface area contributed by atoms with Crippen LogP contribution in [0.25, 0.3) is 0 Å². The molecule has 2 aromatic rings. The molecule has 1 saturated heterocycles. The van der Waals surface area contributed by atoms with Crippen LogP contribution in [0.5, 0.6) is 0 Å². The molecule has 1 aromatic heterocycles. The van der Waals surface area contributed by atoms with E-state index in [1.807, 2.05) is 24.3 Å². The second-order valence-corrected chi connectivity index (χ2v) is 5.96. The zero-order valence-electron chi connectivity index (χ0n) is 13.8. The number of nitrogens with two attached hydrogens (primary N) is 1. The maximum Gasteiger partial charge on any atom is 0.151 e. The Morgan fingerprint density at radius 3 is 2.54 bits per heavy atom. The lowest BCUT2D eigenvalue weighted by atomic mass is 10.0. The maximum atomic E-state index is 5.86. The zero-order chi connectivity index (χ0) is 15.4. The third-order valence-electron chi connectivity index (χ3n) is 4.35. The van der Waals surface area contributed by atoms with Crippen molar-refractivity contribution in [1.29, 1.82) is 0 Å². The lowest BCUT2D eigenvalue weighted by Crippen LogP contribution is -2.43. The number of piperidine rings is 1. The fourth-order valence-corrected chi connectivity index (χ4v) is 3.11. The van der Waals surface area contributed by atoms with Gasteiger partial charge in [-0.3, -0.25) is 4.90 Å². The molecule has 0 saturated carbocycles. The molecule has 3 rings (SSSR count). The van der Waals surface area contributed by atoms with E-state index in [1.165, 1.54) is 5.56 Å². The summed E-state index contributed by atoms with van der Waals surface area (Å²) in [5.74, 6) is 0.986. The first-order valence-electron chi connectivity index (χ1n) is 7.79. The minimum Gasteiger partial charge on any atom is -0.399 e. The summed E-state index contributed by atoms with van der Waals surface area (Å²) in [5.41, 5.74) is 7.97. The number of rotatable bonds is 4. The van der Waals surface area contributed by atoms with Gasteiger partial charge in [-0.25, -0.2) is 0 Å². The molecule has 0 aliphatic carbocycles. The van der Waals surface area contributed by atoms with E-state index in [0.29, 0.717) is 6.04 Å². The Hall–Kier alpha value is -1.56. The lowest BCUT2D eigenvalue weighted by Gasteiger charge is -2.37. The first-order valence-corrected chi connectivity index (χ1v) is 7.79. The number of nitrogens with zero attached hydrogens (tertiary/aromatic N) is 4. The molecule has 0 radical (unpaired) electrons. The average molecular weight is 370 g/mol. The van der Waals surface area contributed by atoms with E-state index in [1.54, 1.807) is 6.20 Å². The first-order chi connectivity index (χ1) is 10.7. The SMILES string of the molecule is CN(Cc1cccc(N)c1)C1CCN(c2cccnn2)CC1.Cl.Cl. The molecule has 1 aliphatic rings. The summed E-state index contributed by atoms with van der Waals surface area (Å²) in [6.07, 6.45) is 4.01. The summed E-state index contributed by atoms with van der Waals surface area (Å²) in [6.45, 7) is 3.01. The molecule has 132 valence electrons. The largest absolute Gasteiger partial charge is 0.399 e. The van der Waals surface area contributed by atoms with Gasteiger partial charge in [0.05, 0.1) is 0 Å². The van der Waals surface area contributed by atoms with Gasteiger partial charge in [0.25, 0.3) is 0 Å². The molecule has 0 bridgehead atoms. The van der Waals surface area contributed by atoms with Crippen molar-refractivity contribution in [2.24, 2.45) is 0 Å². The fraction of sp³-hybridized carbons (Fsp3) is 0.412. The van der Waals surface area contributed by atoms with E-state index in [-0.39, 0.29) is 24.8 Å². The Balaban J connectivity index is 0.00000144. The molecule has 1 aliphatic heterocycles. The van der Waals surface area contributed by atoms with Crippen LogP contribution in [-0.4, -0.2) is 41.3 Å². The third kappa shape index (κ3) is 5.23. The average Bonchev–Trinajstić information content (AvgIpc) is 2.56. The smallest absolute Gasteiger partial charge is 0.151 e. The van der Waals surface area contributed by atoms with Gasteiger partial charge in [-0.15, -0.1) is 29.9 Å². The van der Waals surface area contributed by atoms with Gasteiger partial charge < -0.3 is 10.6 Å². The van der Waals surface area contributed by atoms with Crippen molar-refractivity contribution in [3.05, 3.63) is 48.2 Å². The zero-order valence-corrected chi connectivity index (χ0v) is 15.5. The van der Waals surface area contributed by atoms with Crippen LogP contribution in [0.2, 0.25) is 0 Å². The number of halogens is 2. The second kappa shape index (κ2) is 9.67. The molecule has 1 aromatic carbocycles. The van der Waals surface area contributed by atoms with Gasteiger partial charge in [-0.1, -0.05) is 12.1 Å². The van der Waals surface area contributed by atoms with Crippen LogP contribution in [0.15, 0.2) is 42.6 Å². The highest BCUT2D eigenvalue weighted by Gasteiger charge is 2.23. The quantitative estimate of drug-likeness (QED) is 0.839. The number of benzene rings is 1. The Morgan fingerprint density at radius 1 is 1.17 bits per heavy atom. The predicted octanol–water partition coefficient (Wildman–Crippen LogP) is 3.00. The van der Waals surface area contributed by atoms with E-state index < -0.39 is 0 Å². The van der Waals surface area contributed by atoms with Gasteiger partial charge in [0.2, 0.25) is 0 Å². The minimum atomic E-state index is 0. The highest BCUT2D eigenvalue weighted by molar-refractivity contribution is 5.85. The monoisotopic (exact) mass is 369 g/mol. The second-order valence-electron chi connectivity index (χ2n) is 5.96. The van der Waals surface area contributed by atoms with Gasteiger partial charge in [0, 0.05) is 37.6 Å². The van der Waals surface area contributed by atoms with Crippen LogP contribution in [0.3, 0.4) is 0 Å². The van der Waals surface area contributed by atoms with Crippen LogP contribution in [0.4, 0.5) is 11.5 Å². The molecule has 24 heavy (non-hydrogen) atoms. The summed E-state index contributed by atoms with van der Waals surface area (Å²) in [5, 5.41) is 8.16. The summed E-state index contributed by atoms with van der Waals surface area (Å²) >= 11 is 0. The van der Waals surface area contributed by atoms with Gasteiger partial charge in [-0.2, -0.15) is 5.10 Å². The van der Waals surface area contributed by atoms with Crippen LogP contribution in [-0.2, 0) is 6.54 Å².